The largest absolute Gasteiger partial charge is 0.416 e. The molecular weight excluding hydrogens is 445 g/mol. The van der Waals surface area contributed by atoms with Crippen molar-refractivity contribution < 1.29 is 13.2 Å². The van der Waals surface area contributed by atoms with Crippen LogP contribution >= 0.6 is 0 Å². The number of alkyl halides is 3. The first kappa shape index (κ1) is 25.9. The van der Waals surface area contributed by atoms with Crippen molar-refractivity contribution in [1.82, 2.24) is 4.90 Å². The zero-order chi connectivity index (χ0) is 25.8. The van der Waals surface area contributed by atoms with Crippen molar-refractivity contribution in [3.8, 4) is 0 Å². The summed E-state index contributed by atoms with van der Waals surface area (Å²) in [6, 6.07) is 14.4. The summed E-state index contributed by atoms with van der Waals surface area (Å²) in [6.07, 6.45) is -0.420. The van der Waals surface area contributed by atoms with Gasteiger partial charge in [-0.25, -0.2) is 0 Å². The maximum atomic E-state index is 13.6. The number of hydrogen-bond acceptors (Lipinski definition) is 2. The Morgan fingerprint density at radius 2 is 1.57 bits per heavy atom. The van der Waals surface area contributed by atoms with E-state index in [2.05, 4.69) is 77.6 Å². The number of benzene rings is 2. The van der Waals surface area contributed by atoms with E-state index in [0.29, 0.717) is 11.5 Å². The van der Waals surface area contributed by atoms with Crippen LogP contribution in [0.2, 0.25) is 0 Å². The molecule has 2 aromatic rings. The monoisotopic (exact) mass is 484 g/mol. The minimum atomic E-state index is -4.38. The molecule has 4 rings (SSSR count). The SMILES string of the molecule is Cc1ccc(C(C)N2C3(CCC(C(C)(C)C)CC3)N=C(c3cccc(C(F)(F)F)c3)C2(C)C)cc1. The summed E-state index contributed by atoms with van der Waals surface area (Å²) in [7, 11) is 0. The van der Waals surface area contributed by atoms with Crippen molar-refractivity contribution in [2.75, 3.05) is 0 Å². The van der Waals surface area contributed by atoms with Crippen LogP contribution in [-0.4, -0.2) is 21.8 Å². The van der Waals surface area contributed by atoms with Crippen molar-refractivity contribution in [2.45, 2.75) is 97.6 Å². The summed E-state index contributed by atoms with van der Waals surface area (Å²) in [5, 5.41) is 0. The van der Waals surface area contributed by atoms with Crippen LogP contribution in [0.3, 0.4) is 0 Å². The van der Waals surface area contributed by atoms with Gasteiger partial charge in [0.25, 0.3) is 0 Å². The van der Waals surface area contributed by atoms with Crippen LogP contribution in [0.1, 0.15) is 95.5 Å². The molecule has 0 bridgehead atoms. The van der Waals surface area contributed by atoms with Gasteiger partial charge < -0.3 is 0 Å². The van der Waals surface area contributed by atoms with E-state index in [4.69, 9.17) is 4.99 Å². The molecule has 2 nitrogen and oxygen atoms in total. The van der Waals surface area contributed by atoms with E-state index in [0.717, 1.165) is 37.5 Å². The van der Waals surface area contributed by atoms with E-state index in [9.17, 15) is 13.2 Å². The molecule has 0 N–H and O–H groups in total. The van der Waals surface area contributed by atoms with Crippen molar-refractivity contribution in [1.29, 1.82) is 0 Å². The fourth-order valence-corrected chi connectivity index (χ4v) is 6.43. The summed E-state index contributed by atoms with van der Waals surface area (Å²) < 4.78 is 40.7. The lowest BCUT2D eigenvalue weighted by Gasteiger charge is -2.51. The highest BCUT2D eigenvalue weighted by molar-refractivity contribution is 6.08. The molecule has 2 aliphatic rings. The lowest BCUT2D eigenvalue weighted by Crippen LogP contribution is -2.57. The second-order valence-electron chi connectivity index (χ2n) is 12.2. The molecule has 1 aliphatic heterocycles. The van der Waals surface area contributed by atoms with Gasteiger partial charge in [-0.05, 0) is 88.0 Å². The first-order valence-corrected chi connectivity index (χ1v) is 12.8. The van der Waals surface area contributed by atoms with Crippen LogP contribution in [0.5, 0.6) is 0 Å². The normalized spacial score (nSPS) is 26.1. The van der Waals surface area contributed by atoms with Crippen LogP contribution in [0.15, 0.2) is 53.5 Å². The van der Waals surface area contributed by atoms with Gasteiger partial charge in [-0.1, -0.05) is 62.7 Å². The number of aliphatic imine (C=N–C) groups is 1. The van der Waals surface area contributed by atoms with Crippen molar-refractivity contribution in [3.63, 3.8) is 0 Å². The molecule has 1 unspecified atom stereocenters. The molecule has 2 aromatic carbocycles. The quantitative estimate of drug-likeness (QED) is 0.426. The van der Waals surface area contributed by atoms with Crippen LogP contribution in [0.4, 0.5) is 13.2 Å². The van der Waals surface area contributed by atoms with Crippen LogP contribution in [0.25, 0.3) is 0 Å². The van der Waals surface area contributed by atoms with Gasteiger partial charge in [-0.3, -0.25) is 9.89 Å². The highest BCUT2D eigenvalue weighted by Gasteiger charge is 2.56. The Hall–Kier alpha value is -2.14. The second-order valence-corrected chi connectivity index (χ2v) is 12.2. The number of halogens is 3. The molecule has 0 radical (unpaired) electrons. The average molecular weight is 485 g/mol. The molecule has 35 heavy (non-hydrogen) atoms. The first-order chi connectivity index (χ1) is 16.1. The van der Waals surface area contributed by atoms with Crippen LogP contribution < -0.4 is 0 Å². The molecule has 0 amide bonds. The Balaban J connectivity index is 1.80. The zero-order valence-electron chi connectivity index (χ0n) is 22.1. The zero-order valence-corrected chi connectivity index (χ0v) is 22.1. The molecule has 1 saturated carbocycles. The third-order valence-electron chi connectivity index (χ3n) is 8.37. The highest BCUT2D eigenvalue weighted by Crippen LogP contribution is 2.53. The topological polar surface area (TPSA) is 15.6 Å². The number of aryl methyl sites for hydroxylation is 1. The molecule has 1 fully saturated rings. The van der Waals surface area contributed by atoms with E-state index in [1.54, 1.807) is 6.07 Å². The fraction of sp³-hybridized carbons (Fsp3) is 0.567. The number of nitrogens with zero attached hydrogens (tertiary/aromatic N) is 2. The van der Waals surface area contributed by atoms with E-state index >= 15 is 0 Å². The smallest absolute Gasteiger partial charge is 0.265 e. The van der Waals surface area contributed by atoms with Gasteiger partial charge in [-0.15, -0.1) is 0 Å². The van der Waals surface area contributed by atoms with Gasteiger partial charge in [0, 0.05) is 6.04 Å². The van der Waals surface area contributed by atoms with Gasteiger partial charge >= 0.3 is 6.18 Å². The Bertz CT molecular complexity index is 1080. The standard InChI is InChI=1S/C30H39F3N2/c1-20-11-13-22(14-12-20)21(2)35-28(6,7)26(23-9-8-10-25(19-23)30(31,32)33)34-29(35)17-15-24(16-18-29)27(3,4)5/h8-14,19,21,24H,15-18H2,1-7H3. The molecule has 0 aromatic heterocycles. The predicted octanol–water partition coefficient (Wildman–Crippen LogP) is 8.59. The molecule has 190 valence electrons. The Kier molecular flexibility index (Phi) is 6.49. The summed E-state index contributed by atoms with van der Waals surface area (Å²) in [6.45, 7) is 15.5. The summed E-state index contributed by atoms with van der Waals surface area (Å²) >= 11 is 0. The third kappa shape index (κ3) is 4.81. The molecule has 1 aliphatic carbocycles. The van der Waals surface area contributed by atoms with E-state index in [1.807, 2.05) is 0 Å². The van der Waals surface area contributed by atoms with Gasteiger partial charge in [-0.2, -0.15) is 13.2 Å². The van der Waals surface area contributed by atoms with E-state index < -0.39 is 22.9 Å². The minimum absolute atomic E-state index is 0.0730. The minimum Gasteiger partial charge on any atom is -0.265 e. The van der Waals surface area contributed by atoms with E-state index in [1.165, 1.54) is 23.3 Å². The molecule has 1 atom stereocenters. The Labute approximate surface area is 208 Å². The Morgan fingerprint density at radius 1 is 0.971 bits per heavy atom. The first-order valence-electron chi connectivity index (χ1n) is 12.8. The molecular formula is C30H39F3N2. The van der Waals surface area contributed by atoms with Crippen molar-refractivity contribution in [2.24, 2.45) is 16.3 Å². The second kappa shape index (κ2) is 8.76. The molecule has 1 heterocycles. The average Bonchev–Trinajstić information content (AvgIpc) is 2.99. The fourth-order valence-electron chi connectivity index (χ4n) is 6.43. The van der Waals surface area contributed by atoms with Crippen molar-refractivity contribution in [3.05, 3.63) is 70.8 Å². The van der Waals surface area contributed by atoms with Gasteiger partial charge in [0.2, 0.25) is 0 Å². The third-order valence-corrected chi connectivity index (χ3v) is 8.37. The van der Waals surface area contributed by atoms with Gasteiger partial charge in [0.15, 0.2) is 0 Å². The number of hydrogen-bond donors (Lipinski definition) is 0. The lowest BCUT2D eigenvalue weighted by molar-refractivity contribution is -0.137. The van der Waals surface area contributed by atoms with Gasteiger partial charge in [0.05, 0.1) is 16.8 Å². The highest BCUT2D eigenvalue weighted by atomic mass is 19.4. The summed E-state index contributed by atoms with van der Waals surface area (Å²) in [4.78, 5) is 7.86. The van der Waals surface area contributed by atoms with Gasteiger partial charge in [0.1, 0.15) is 5.66 Å². The summed E-state index contributed by atoms with van der Waals surface area (Å²) in [5.74, 6) is 0.612. The maximum absolute atomic E-state index is 13.6. The molecule has 0 saturated heterocycles. The van der Waals surface area contributed by atoms with E-state index in [-0.39, 0.29) is 11.5 Å². The predicted molar refractivity (Wildman–Crippen MR) is 138 cm³/mol. The van der Waals surface area contributed by atoms with Crippen LogP contribution in [-0.2, 0) is 6.18 Å². The lowest BCUT2D eigenvalue weighted by atomic mass is 9.69. The number of rotatable bonds is 3. The van der Waals surface area contributed by atoms with Crippen molar-refractivity contribution >= 4 is 5.71 Å². The molecule has 5 heteroatoms. The Morgan fingerprint density at radius 3 is 2.11 bits per heavy atom. The molecule has 1 spiro atoms. The maximum Gasteiger partial charge on any atom is 0.416 e. The van der Waals surface area contributed by atoms with Crippen LogP contribution in [0, 0.1) is 18.3 Å². The summed E-state index contributed by atoms with van der Waals surface area (Å²) in [5.41, 5.74) is 2.42.